The SMILES string of the molecule is C=CCSc1nnc2c(n1)O[C@@H](c1cccc(O)c1)Nc1ccc(Br)cc1-2. The topological polar surface area (TPSA) is 80.2 Å². The number of fused-ring (bicyclic) bond motifs is 3. The first-order valence-electron chi connectivity index (χ1n) is 8.14. The molecular weight excluding hydrogens is 428 g/mol. The molecule has 2 N–H and O–H groups in total. The molecule has 0 unspecified atom stereocenters. The number of hydrogen-bond acceptors (Lipinski definition) is 7. The second kappa shape index (κ2) is 7.58. The van der Waals surface area contributed by atoms with Crippen LogP contribution in [0.4, 0.5) is 5.69 Å². The summed E-state index contributed by atoms with van der Waals surface area (Å²) in [6.07, 6.45) is 1.25. The van der Waals surface area contributed by atoms with Gasteiger partial charge in [-0.2, -0.15) is 4.98 Å². The van der Waals surface area contributed by atoms with Gasteiger partial charge in [-0.1, -0.05) is 45.9 Å². The molecule has 136 valence electrons. The van der Waals surface area contributed by atoms with Crippen LogP contribution in [0.3, 0.4) is 0 Å². The normalized spacial score (nSPS) is 14.9. The van der Waals surface area contributed by atoms with Gasteiger partial charge in [0, 0.05) is 27.0 Å². The highest BCUT2D eigenvalue weighted by Gasteiger charge is 2.26. The van der Waals surface area contributed by atoms with Crippen LogP contribution < -0.4 is 10.1 Å². The number of halogens is 1. The van der Waals surface area contributed by atoms with Gasteiger partial charge in [0.15, 0.2) is 11.9 Å². The smallest absolute Gasteiger partial charge is 0.247 e. The van der Waals surface area contributed by atoms with Gasteiger partial charge in [0.2, 0.25) is 11.0 Å². The first kappa shape index (κ1) is 17.8. The van der Waals surface area contributed by atoms with Gasteiger partial charge >= 0.3 is 0 Å². The Kier molecular flexibility index (Phi) is 5.00. The molecule has 0 saturated heterocycles. The number of aromatic nitrogens is 3. The monoisotopic (exact) mass is 442 g/mol. The fourth-order valence-electron chi connectivity index (χ4n) is 2.70. The van der Waals surface area contributed by atoms with Crippen molar-refractivity contribution in [2.24, 2.45) is 0 Å². The van der Waals surface area contributed by atoms with Crippen molar-refractivity contribution in [3.05, 3.63) is 65.2 Å². The Morgan fingerprint density at radius 3 is 2.96 bits per heavy atom. The maximum absolute atomic E-state index is 9.84. The number of nitrogens with one attached hydrogen (secondary N) is 1. The van der Waals surface area contributed by atoms with Crippen LogP contribution in [0, 0.1) is 0 Å². The summed E-state index contributed by atoms with van der Waals surface area (Å²) in [5.41, 5.74) is 3.01. The summed E-state index contributed by atoms with van der Waals surface area (Å²) in [6.45, 7) is 3.71. The number of ether oxygens (including phenoxy) is 1. The lowest BCUT2D eigenvalue weighted by atomic mass is 10.1. The summed E-state index contributed by atoms with van der Waals surface area (Å²) in [5.74, 6) is 1.23. The molecule has 8 heteroatoms. The van der Waals surface area contributed by atoms with Crippen molar-refractivity contribution >= 4 is 33.4 Å². The van der Waals surface area contributed by atoms with E-state index in [1.165, 1.54) is 11.8 Å². The highest BCUT2D eigenvalue weighted by molar-refractivity contribution is 9.10. The predicted molar refractivity (Wildman–Crippen MR) is 109 cm³/mol. The minimum absolute atomic E-state index is 0.168. The van der Waals surface area contributed by atoms with Gasteiger partial charge in [0.25, 0.3) is 0 Å². The highest BCUT2D eigenvalue weighted by Crippen LogP contribution is 2.41. The van der Waals surface area contributed by atoms with E-state index in [4.69, 9.17) is 4.74 Å². The second-order valence-corrected chi connectivity index (χ2v) is 7.68. The highest BCUT2D eigenvalue weighted by atomic mass is 79.9. The molecule has 0 aliphatic carbocycles. The molecule has 3 aromatic rings. The summed E-state index contributed by atoms with van der Waals surface area (Å²) in [6, 6.07) is 12.7. The van der Waals surface area contributed by atoms with Crippen molar-refractivity contribution in [1.29, 1.82) is 0 Å². The summed E-state index contributed by atoms with van der Waals surface area (Å²) < 4.78 is 7.06. The van der Waals surface area contributed by atoms with Crippen molar-refractivity contribution in [3.8, 4) is 22.9 Å². The summed E-state index contributed by atoms with van der Waals surface area (Å²) in [5, 5.41) is 22.3. The van der Waals surface area contributed by atoms with E-state index >= 15 is 0 Å². The number of benzene rings is 2. The first-order chi connectivity index (χ1) is 13.1. The van der Waals surface area contributed by atoms with E-state index < -0.39 is 6.23 Å². The summed E-state index contributed by atoms with van der Waals surface area (Å²) in [7, 11) is 0. The maximum Gasteiger partial charge on any atom is 0.247 e. The summed E-state index contributed by atoms with van der Waals surface area (Å²) in [4.78, 5) is 4.54. The van der Waals surface area contributed by atoms with Crippen LogP contribution in [0.5, 0.6) is 11.6 Å². The molecule has 1 atom stereocenters. The number of anilines is 1. The maximum atomic E-state index is 9.84. The zero-order valence-corrected chi connectivity index (χ0v) is 16.5. The minimum Gasteiger partial charge on any atom is -0.508 e. The molecule has 0 spiro atoms. The van der Waals surface area contributed by atoms with Crippen LogP contribution in [0.2, 0.25) is 0 Å². The zero-order valence-electron chi connectivity index (χ0n) is 14.1. The Hall–Kier alpha value is -2.58. The van der Waals surface area contributed by atoms with Crippen molar-refractivity contribution in [2.45, 2.75) is 11.4 Å². The van der Waals surface area contributed by atoms with Crippen molar-refractivity contribution in [1.82, 2.24) is 15.2 Å². The first-order valence-corrected chi connectivity index (χ1v) is 9.92. The quantitative estimate of drug-likeness (QED) is 0.444. The third kappa shape index (κ3) is 3.77. The van der Waals surface area contributed by atoms with Gasteiger partial charge in [0.05, 0.1) is 0 Å². The third-order valence-corrected chi connectivity index (χ3v) is 5.22. The number of phenols is 1. The molecule has 27 heavy (non-hydrogen) atoms. The third-order valence-electron chi connectivity index (χ3n) is 3.89. The van der Waals surface area contributed by atoms with Gasteiger partial charge in [-0.15, -0.1) is 16.8 Å². The van der Waals surface area contributed by atoms with Crippen LogP contribution in [0.1, 0.15) is 11.8 Å². The van der Waals surface area contributed by atoms with E-state index in [0.29, 0.717) is 22.5 Å². The van der Waals surface area contributed by atoms with Gasteiger partial charge in [-0.3, -0.25) is 0 Å². The Balaban J connectivity index is 1.83. The Bertz CT molecular complexity index is 1010. The number of thioether (sulfide) groups is 1. The average molecular weight is 443 g/mol. The standard InChI is InChI=1S/C19H15BrN4O2S/c1-2-8-27-19-22-18-16(23-24-19)14-10-12(20)6-7-15(14)21-17(26-18)11-4-3-5-13(25)9-11/h2-7,9-10,17,21,25H,1,8H2/t17-/m0/s1. The number of phenolic OH excluding ortho intramolecular Hbond substituents is 1. The zero-order chi connectivity index (χ0) is 18.8. The number of aromatic hydroxyl groups is 1. The van der Waals surface area contributed by atoms with E-state index in [1.807, 2.05) is 24.3 Å². The largest absolute Gasteiger partial charge is 0.508 e. The van der Waals surface area contributed by atoms with Gasteiger partial charge in [0.1, 0.15) is 5.75 Å². The van der Waals surface area contributed by atoms with Crippen LogP contribution in [0.25, 0.3) is 11.3 Å². The van der Waals surface area contributed by atoms with Crippen LogP contribution >= 0.6 is 27.7 Å². The Labute approximate surface area is 168 Å². The second-order valence-electron chi connectivity index (χ2n) is 5.77. The van der Waals surface area contributed by atoms with E-state index in [1.54, 1.807) is 24.3 Å². The number of hydrogen-bond donors (Lipinski definition) is 2. The average Bonchev–Trinajstić information content (AvgIpc) is 2.82. The van der Waals surface area contributed by atoms with Gasteiger partial charge in [-0.05, 0) is 30.3 Å². The van der Waals surface area contributed by atoms with Crippen molar-refractivity contribution < 1.29 is 9.84 Å². The van der Waals surface area contributed by atoms with Gasteiger partial charge < -0.3 is 15.2 Å². The molecule has 2 aromatic carbocycles. The molecule has 4 rings (SSSR count). The van der Waals surface area contributed by atoms with Crippen LogP contribution in [-0.2, 0) is 0 Å². The molecule has 0 bridgehead atoms. The number of rotatable bonds is 4. The molecule has 0 saturated carbocycles. The lowest BCUT2D eigenvalue weighted by Crippen LogP contribution is -2.17. The summed E-state index contributed by atoms with van der Waals surface area (Å²) >= 11 is 4.93. The van der Waals surface area contributed by atoms with E-state index in [9.17, 15) is 5.11 Å². The fourth-order valence-corrected chi connectivity index (χ4v) is 3.58. The minimum atomic E-state index is -0.535. The molecule has 2 heterocycles. The molecule has 6 nitrogen and oxygen atoms in total. The molecule has 0 fully saturated rings. The van der Waals surface area contributed by atoms with Crippen molar-refractivity contribution in [2.75, 3.05) is 11.1 Å². The number of nitrogens with zero attached hydrogens (tertiary/aromatic N) is 3. The van der Waals surface area contributed by atoms with E-state index in [2.05, 4.69) is 43.0 Å². The Morgan fingerprint density at radius 2 is 2.15 bits per heavy atom. The van der Waals surface area contributed by atoms with Crippen LogP contribution in [-0.4, -0.2) is 26.0 Å². The molecule has 1 aromatic heterocycles. The van der Waals surface area contributed by atoms with Crippen molar-refractivity contribution in [3.63, 3.8) is 0 Å². The lowest BCUT2D eigenvalue weighted by Gasteiger charge is -2.19. The lowest BCUT2D eigenvalue weighted by molar-refractivity contribution is 0.225. The molecule has 0 amide bonds. The van der Waals surface area contributed by atoms with Crippen LogP contribution in [0.15, 0.2) is 64.7 Å². The van der Waals surface area contributed by atoms with Gasteiger partial charge in [-0.25, -0.2) is 0 Å². The molecule has 1 aliphatic heterocycles. The predicted octanol–water partition coefficient (Wildman–Crippen LogP) is 4.79. The molecule has 1 aliphatic rings. The fraction of sp³-hybridized carbons (Fsp3) is 0.105. The molecule has 0 radical (unpaired) electrons. The van der Waals surface area contributed by atoms with E-state index in [-0.39, 0.29) is 5.75 Å². The molecular formula is C19H15BrN4O2S. The Morgan fingerprint density at radius 1 is 1.26 bits per heavy atom. The van der Waals surface area contributed by atoms with E-state index in [0.717, 1.165) is 21.3 Å².